The third-order valence-corrected chi connectivity index (χ3v) is 3.95. The third kappa shape index (κ3) is 3.00. The molecule has 7 nitrogen and oxygen atoms in total. The van der Waals surface area contributed by atoms with Crippen LogP contribution in [0.5, 0.6) is 0 Å². The van der Waals surface area contributed by atoms with Gasteiger partial charge in [-0.2, -0.15) is 0 Å². The van der Waals surface area contributed by atoms with E-state index in [9.17, 15) is 4.39 Å². The minimum absolute atomic E-state index is 0.0740. The predicted molar refractivity (Wildman–Crippen MR) is 91.4 cm³/mol. The molecule has 1 saturated heterocycles. The van der Waals surface area contributed by atoms with Crippen molar-refractivity contribution >= 4 is 23.0 Å². The van der Waals surface area contributed by atoms with Crippen molar-refractivity contribution in [2.45, 2.75) is 0 Å². The highest BCUT2D eigenvalue weighted by Gasteiger charge is 2.19. The van der Waals surface area contributed by atoms with E-state index in [4.69, 9.17) is 15.9 Å². The van der Waals surface area contributed by atoms with E-state index in [-0.39, 0.29) is 17.3 Å². The van der Waals surface area contributed by atoms with E-state index in [0.29, 0.717) is 48.9 Å². The van der Waals surface area contributed by atoms with Crippen molar-refractivity contribution in [1.29, 1.82) is 5.41 Å². The number of hydrogen-bond acceptors (Lipinski definition) is 7. The van der Waals surface area contributed by atoms with Crippen LogP contribution in [0.25, 0.3) is 0 Å². The molecule has 3 rings (SSSR count). The van der Waals surface area contributed by atoms with Crippen molar-refractivity contribution in [3.63, 3.8) is 0 Å². The molecule has 0 amide bonds. The van der Waals surface area contributed by atoms with Gasteiger partial charge >= 0.3 is 0 Å². The van der Waals surface area contributed by atoms with E-state index >= 15 is 0 Å². The molecule has 0 radical (unpaired) electrons. The Kier molecular flexibility index (Phi) is 4.57. The molecular weight excluding hydrogens is 311 g/mol. The fraction of sp³-hybridized carbons (Fsp3) is 0.312. The van der Waals surface area contributed by atoms with Gasteiger partial charge in [-0.25, -0.2) is 14.4 Å². The molecule has 8 heteroatoms. The third-order valence-electron chi connectivity index (χ3n) is 3.95. The first kappa shape index (κ1) is 16.1. The zero-order chi connectivity index (χ0) is 17.1. The predicted octanol–water partition coefficient (Wildman–Crippen LogP) is 1.49. The lowest BCUT2D eigenvalue weighted by Crippen LogP contribution is -2.36. The highest BCUT2D eigenvalue weighted by atomic mass is 19.1. The molecule has 1 aromatic heterocycles. The Bertz CT molecular complexity index is 760. The smallest absolute Gasteiger partial charge is 0.147 e. The normalized spacial score (nSPS) is 14.5. The molecule has 126 valence electrons. The van der Waals surface area contributed by atoms with Crippen LogP contribution < -0.4 is 16.0 Å². The standard InChI is InChI=1S/C16H19FN6O/c1-20-16-13(15(19)21-9-22-16)14(18)10-2-3-12(11(17)8-10)23-4-6-24-7-5-23/h2-3,8-9,18H,4-7H2,1H3,(H3,19,20,21,22). The van der Waals surface area contributed by atoms with Gasteiger partial charge in [-0.05, 0) is 12.1 Å². The van der Waals surface area contributed by atoms with Crippen LogP contribution in [-0.4, -0.2) is 49.0 Å². The summed E-state index contributed by atoms with van der Waals surface area (Å²) in [5.41, 5.74) is 7.24. The summed E-state index contributed by atoms with van der Waals surface area (Å²) in [4.78, 5) is 9.91. The molecule has 4 N–H and O–H groups in total. The summed E-state index contributed by atoms with van der Waals surface area (Å²) in [5, 5.41) is 11.2. The average molecular weight is 330 g/mol. The lowest BCUT2D eigenvalue weighted by Gasteiger charge is -2.29. The van der Waals surface area contributed by atoms with Crippen LogP contribution in [0.1, 0.15) is 11.1 Å². The zero-order valence-corrected chi connectivity index (χ0v) is 13.3. The fourth-order valence-electron chi connectivity index (χ4n) is 2.70. The number of nitrogens with one attached hydrogen (secondary N) is 2. The molecular formula is C16H19FN6O. The number of hydrogen-bond donors (Lipinski definition) is 3. The lowest BCUT2D eigenvalue weighted by molar-refractivity contribution is 0.122. The van der Waals surface area contributed by atoms with Gasteiger partial charge in [0.1, 0.15) is 23.8 Å². The molecule has 0 unspecified atom stereocenters. The number of morpholine rings is 1. The van der Waals surface area contributed by atoms with E-state index in [0.717, 1.165) is 0 Å². The average Bonchev–Trinajstić information content (AvgIpc) is 2.61. The lowest BCUT2D eigenvalue weighted by atomic mass is 10.0. The highest BCUT2D eigenvalue weighted by Crippen LogP contribution is 2.25. The summed E-state index contributed by atoms with van der Waals surface area (Å²) in [5.74, 6) is 0.239. The van der Waals surface area contributed by atoms with Crippen LogP contribution >= 0.6 is 0 Å². The maximum atomic E-state index is 14.5. The van der Waals surface area contributed by atoms with Crippen molar-refractivity contribution < 1.29 is 9.13 Å². The van der Waals surface area contributed by atoms with Crippen molar-refractivity contribution in [3.05, 3.63) is 41.5 Å². The quantitative estimate of drug-likeness (QED) is 0.735. The summed E-state index contributed by atoms with van der Waals surface area (Å²) >= 11 is 0. The van der Waals surface area contributed by atoms with Gasteiger partial charge in [-0.3, -0.25) is 5.41 Å². The van der Waals surface area contributed by atoms with Crippen LogP contribution in [-0.2, 0) is 4.74 Å². The number of nitrogens with zero attached hydrogens (tertiary/aromatic N) is 3. The van der Waals surface area contributed by atoms with Gasteiger partial charge < -0.3 is 20.7 Å². The molecule has 1 aliphatic heterocycles. The summed E-state index contributed by atoms with van der Waals surface area (Å²) in [7, 11) is 1.68. The van der Waals surface area contributed by atoms with E-state index in [2.05, 4.69) is 15.3 Å². The van der Waals surface area contributed by atoms with E-state index in [1.807, 2.05) is 4.90 Å². The Morgan fingerprint density at radius 1 is 1.33 bits per heavy atom. The minimum atomic E-state index is -0.374. The maximum Gasteiger partial charge on any atom is 0.147 e. The highest BCUT2D eigenvalue weighted by molar-refractivity contribution is 6.16. The van der Waals surface area contributed by atoms with Crippen molar-refractivity contribution in [1.82, 2.24) is 9.97 Å². The van der Waals surface area contributed by atoms with Crippen molar-refractivity contribution in [2.75, 3.05) is 49.3 Å². The molecule has 24 heavy (non-hydrogen) atoms. The maximum absolute atomic E-state index is 14.5. The minimum Gasteiger partial charge on any atom is -0.383 e. The van der Waals surface area contributed by atoms with Crippen LogP contribution in [0.2, 0.25) is 0 Å². The van der Waals surface area contributed by atoms with Gasteiger partial charge in [0.2, 0.25) is 0 Å². The number of aromatic nitrogens is 2. The second-order valence-corrected chi connectivity index (χ2v) is 5.37. The first-order chi connectivity index (χ1) is 11.6. The van der Waals surface area contributed by atoms with Gasteiger partial charge in [0.25, 0.3) is 0 Å². The molecule has 0 saturated carbocycles. The van der Waals surface area contributed by atoms with Gasteiger partial charge in [0, 0.05) is 25.7 Å². The largest absolute Gasteiger partial charge is 0.383 e. The van der Waals surface area contributed by atoms with Crippen molar-refractivity contribution in [2.24, 2.45) is 0 Å². The number of nitrogen functional groups attached to an aromatic ring is 1. The molecule has 2 heterocycles. The Labute approximate surface area is 139 Å². The Balaban J connectivity index is 1.93. The van der Waals surface area contributed by atoms with Crippen LogP contribution in [0.3, 0.4) is 0 Å². The number of rotatable bonds is 4. The van der Waals surface area contributed by atoms with Gasteiger partial charge in [0.05, 0.1) is 30.2 Å². The van der Waals surface area contributed by atoms with Crippen molar-refractivity contribution in [3.8, 4) is 0 Å². The van der Waals surface area contributed by atoms with E-state index < -0.39 is 0 Å². The summed E-state index contributed by atoms with van der Waals surface area (Å²) in [6.45, 7) is 2.47. The Hall–Kier alpha value is -2.74. The number of ether oxygens (including phenoxy) is 1. The molecule has 1 aliphatic rings. The van der Waals surface area contributed by atoms with E-state index in [1.165, 1.54) is 12.4 Å². The molecule has 0 bridgehead atoms. The Morgan fingerprint density at radius 3 is 2.75 bits per heavy atom. The number of benzene rings is 1. The number of nitrogens with two attached hydrogens (primary N) is 1. The Morgan fingerprint density at radius 2 is 2.08 bits per heavy atom. The molecule has 0 spiro atoms. The summed E-state index contributed by atoms with van der Waals surface area (Å²) in [6, 6.07) is 4.74. The van der Waals surface area contributed by atoms with Gasteiger partial charge in [0.15, 0.2) is 0 Å². The molecule has 2 aromatic rings. The second kappa shape index (κ2) is 6.79. The zero-order valence-electron chi connectivity index (χ0n) is 13.3. The molecule has 0 aliphatic carbocycles. The fourth-order valence-corrected chi connectivity index (χ4v) is 2.70. The SMILES string of the molecule is CNc1ncnc(N)c1C(=N)c1ccc(N2CCOCC2)c(F)c1. The first-order valence-electron chi connectivity index (χ1n) is 7.61. The van der Waals surface area contributed by atoms with Crippen LogP contribution in [0.4, 0.5) is 21.7 Å². The van der Waals surface area contributed by atoms with E-state index in [1.54, 1.807) is 19.2 Å². The summed E-state index contributed by atoms with van der Waals surface area (Å²) < 4.78 is 19.8. The topological polar surface area (TPSA) is 100 Å². The first-order valence-corrected chi connectivity index (χ1v) is 7.61. The molecule has 1 fully saturated rings. The van der Waals surface area contributed by atoms with Crippen LogP contribution in [0.15, 0.2) is 24.5 Å². The second-order valence-electron chi connectivity index (χ2n) is 5.37. The van der Waals surface area contributed by atoms with Crippen LogP contribution in [0, 0.1) is 11.2 Å². The summed E-state index contributed by atoms with van der Waals surface area (Å²) in [6.07, 6.45) is 1.32. The monoisotopic (exact) mass is 330 g/mol. The number of halogens is 1. The van der Waals surface area contributed by atoms with Gasteiger partial charge in [-0.15, -0.1) is 0 Å². The molecule has 1 aromatic carbocycles. The number of anilines is 3. The molecule has 0 atom stereocenters. The van der Waals surface area contributed by atoms with Gasteiger partial charge in [-0.1, -0.05) is 6.07 Å².